The number of benzene rings is 1. The molecule has 4 heteroatoms. The van der Waals surface area contributed by atoms with Crippen LogP contribution < -0.4 is 0 Å². The SMILES string of the molecule is CC(=O)c1cccc(CCOC(=O)c2ccc3cccn3c2)c1. The first-order chi connectivity index (χ1) is 11.1. The Hall–Kier alpha value is -2.88. The minimum atomic E-state index is -0.344. The Morgan fingerprint density at radius 2 is 1.91 bits per heavy atom. The molecule has 0 aliphatic heterocycles. The molecule has 0 atom stereocenters. The molecule has 3 rings (SSSR count). The van der Waals surface area contributed by atoms with Gasteiger partial charge in [-0.25, -0.2) is 4.79 Å². The van der Waals surface area contributed by atoms with E-state index in [4.69, 9.17) is 4.74 Å². The second-order valence-electron chi connectivity index (χ2n) is 5.40. The molecule has 116 valence electrons. The van der Waals surface area contributed by atoms with Crippen molar-refractivity contribution < 1.29 is 14.3 Å². The van der Waals surface area contributed by atoms with Gasteiger partial charge < -0.3 is 9.14 Å². The molecule has 0 saturated heterocycles. The molecular formula is C19H17NO3. The van der Waals surface area contributed by atoms with Crippen LogP contribution in [-0.2, 0) is 11.2 Å². The topological polar surface area (TPSA) is 47.8 Å². The van der Waals surface area contributed by atoms with Crippen molar-refractivity contribution in [3.05, 3.63) is 77.6 Å². The molecule has 0 bridgehead atoms. The molecule has 0 aliphatic rings. The maximum Gasteiger partial charge on any atom is 0.339 e. The quantitative estimate of drug-likeness (QED) is 0.535. The van der Waals surface area contributed by atoms with Gasteiger partial charge in [-0.2, -0.15) is 0 Å². The van der Waals surface area contributed by atoms with Crippen molar-refractivity contribution in [2.24, 2.45) is 0 Å². The van der Waals surface area contributed by atoms with Crippen LogP contribution in [0.4, 0.5) is 0 Å². The summed E-state index contributed by atoms with van der Waals surface area (Å²) in [6, 6.07) is 14.9. The molecule has 0 amide bonds. The van der Waals surface area contributed by atoms with Crippen molar-refractivity contribution in [3.63, 3.8) is 0 Å². The zero-order chi connectivity index (χ0) is 16.2. The summed E-state index contributed by atoms with van der Waals surface area (Å²) in [5.74, 6) is -0.313. The minimum Gasteiger partial charge on any atom is -0.462 e. The largest absolute Gasteiger partial charge is 0.462 e. The fraction of sp³-hybridized carbons (Fsp3) is 0.158. The molecule has 0 spiro atoms. The highest BCUT2D eigenvalue weighted by atomic mass is 16.5. The Morgan fingerprint density at radius 1 is 1.04 bits per heavy atom. The van der Waals surface area contributed by atoms with Crippen LogP contribution in [0.3, 0.4) is 0 Å². The van der Waals surface area contributed by atoms with E-state index >= 15 is 0 Å². The molecule has 23 heavy (non-hydrogen) atoms. The van der Waals surface area contributed by atoms with Gasteiger partial charge in [-0.1, -0.05) is 18.2 Å². The third-order valence-electron chi connectivity index (χ3n) is 3.72. The van der Waals surface area contributed by atoms with Crippen LogP contribution in [0.5, 0.6) is 0 Å². The second-order valence-corrected chi connectivity index (χ2v) is 5.40. The molecule has 3 aromatic rings. The fourth-order valence-electron chi connectivity index (χ4n) is 2.45. The maximum absolute atomic E-state index is 12.1. The summed E-state index contributed by atoms with van der Waals surface area (Å²) in [7, 11) is 0. The number of hydrogen-bond donors (Lipinski definition) is 0. The van der Waals surface area contributed by atoms with Gasteiger partial charge in [0.25, 0.3) is 0 Å². The van der Waals surface area contributed by atoms with E-state index in [1.54, 1.807) is 18.3 Å². The highest BCUT2D eigenvalue weighted by Gasteiger charge is 2.08. The average molecular weight is 307 g/mol. The number of fused-ring (bicyclic) bond motifs is 1. The lowest BCUT2D eigenvalue weighted by molar-refractivity contribution is 0.0508. The Morgan fingerprint density at radius 3 is 2.74 bits per heavy atom. The smallest absolute Gasteiger partial charge is 0.339 e. The number of rotatable bonds is 5. The number of nitrogens with zero attached hydrogens (tertiary/aromatic N) is 1. The first-order valence-corrected chi connectivity index (χ1v) is 7.47. The van der Waals surface area contributed by atoms with Gasteiger partial charge in [-0.3, -0.25) is 4.79 Å². The molecule has 2 aromatic heterocycles. The Labute approximate surface area is 134 Å². The maximum atomic E-state index is 12.1. The summed E-state index contributed by atoms with van der Waals surface area (Å²) in [5.41, 5.74) is 3.20. The van der Waals surface area contributed by atoms with Crippen molar-refractivity contribution in [3.8, 4) is 0 Å². The van der Waals surface area contributed by atoms with E-state index in [1.807, 2.05) is 47.0 Å². The van der Waals surface area contributed by atoms with Crippen molar-refractivity contribution in [2.75, 3.05) is 6.61 Å². The monoisotopic (exact) mass is 307 g/mol. The highest BCUT2D eigenvalue weighted by Crippen LogP contribution is 2.10. The number of hydrogen-bond acceptors (Lipinski definition) is 3. The van der Waals surface area contributed by atoms with Gasteiger partial charge in [0, 0.05) is 29.9 Å². The van der Waals surface area contributed by atoms with Crippen LogP contribution in [-0.4, -0.2) is 22.8 Å². The summed E-state index contributed by atoms with van der Waals surface area (Å²) in [6.45, 7) is 1.82. The molecule has 0 fully saturated rings. The normalized spacial score (nSPS) is 10.7. The van der Waals surface area contributed by atoms with Crippen molar-refractivity contribution in [1.29, 1.82) is 0 Å². The van der Waals surface area contributed by atoms with Gasteiger partial charge >= 0.3 is 5.97 Å². The van der Waals surface area contributed by atoms with E-state index in [1.165, 1.54) is 6.92 Å². The fourth-order valence-corrected chi connectivity index (χ4v) is 2.45. The van der Waals surface area contributed by atoms with Crippen LogP contribution in [0.15, 0.2) is 60.9 Å². The van der Waals surface area contributed by atoms with Crippen LogP contribution >= 0.6 is 0 Å². The van der Waals surface area contributed by atoms with Crippen LogP contribution in [0.1, 0.15) is 33.2 Å². The first-order valence-electron chi connectivity index (χ1n) is 7.47. The summed E-state index contributed by atoms with van der Waals surface area (Å²) in [6.07, 6.45) is 4.23. The number of esters is 1. The van der Waals surface area contributed by atoms with E-state index in [9.17, 15) is 9.59 Å². The Bertz CT molecular complexity index is 864. The third kappa shape index (κ3) is 3.48. The van der Waals surface area contributed by atoms with Gasteiger partial charge in [-0.15, -0.1) is 0 Å². The zero-order valence-electron chi connectivity index (χ0n) is 12.9. The van der Waals surface area contributed by atoms with E-state index in [0.29, 0.717) is 17.5 Å². The zero-order valence-corrected chi connectivity index (χ0v) is 12.9. The lowest BCUT2D eigenvalue weighted by Gasteiger charge is -2.06. The Kier molecular flexibility index (Phi) is 4.24. The standard InChI is InChI=1S/C19H17NO3/c1-14(21)16-5-2-4-15(12-16)9-11-23-19(22)17-7-8-18-6-3-10-20(18)13-17/h2-8,10,12-13H,9,11H2,1H3. The van der Waals surface area contributed by atoms with Gasteiger partial charge in [0.15, 0.2) is 5.78 Å². The summed E-state index contributed by atoms with van der Waals surface area (Å²) in [5, 5.41) is 0. The van der Waals surface area contributed by atoms with Gasteiger partial charge in [0.05, 0.1) is 12.2 Å². The number of Topliss-reactive ketones (excluding diaryl/α,β-unsaturated/α-hetero) is 1. The molecule has 0 radical (unpaired) electrons. The number of carbonyl (C=O) groups excluding carboxylic acids is 2. The molecule has 0 saturated carbocycles. The highest BCUT2D eigenvalue weighted by molar-refractivity contribution is 5.94. The van der Waals surface area contributed by atoms with Gasteiger partial charge in [0.1, 0.15) is 0 Å². The number of aromatic nitrogens is 1. The number of ether oxygens (including phenoxy) is 1. The molecule has 0 aliphatic carbocycles. The number of pyridine rings is 1. The predicted octanol–water partition coefficient (Wildman–Crippen LogP) is 3.54. The number of ketones is 1. The van der Waals surface area contributed by atoms with E-state index in [0.717, 1.165) is 11.1 Å². The average Bonchev–Trinajstić information content (AvgIpc) is 3.02. The second kappa shape index (κ2) is 6.48. The van der Waals surface area contributed by atoms with Crippen molar-refractivity contribution in [1.82, 2.24) is 4.40 Å². The first kappa shape index (κ1) is 15.0. The minimum absolute atomic E-state index is 0.0314. The van der Waals surface area contributed by atoms with Crippen molar-refractivity contribution in [2.45, 2.75) is 13.3 Å². The third-order valence-corrected chi connectivity index (χ3v) is 3.72. The van der Waals surface area contributed by atoms with Crippen molar-refractivity contribution >= 4 is 17.3 Å². The predicted molar refractivity (Wildman–Crippen MR) is 87.8 cm³/mol. The number of carbonyl (C=O) groups is 2. The van der Waals surface area contributed by atoms with Crippen LogP contribution in [0, 0.1) is 0 Å². The molecule has 2 heterocycles. The molecular weight excluding hydrogens is 290 g/mol. The van der Waals surface area contributed by atoms with Crippen LogP contribution in [0.25, 0.3) is 5.52 Å². The molecule has 4 nitrogen and oxygen atoms in total. The lowest BCUT2D eigenvalue weighted by Crippen LogP contribution is -2.09. The Balaban J connectivity index is 1.60. The summed E-state index contributed by atoms with van der Waals surface area (Å²) >= 11 is 0. The summed E-state index contributed by atoms with van der Waals surface area (Å²) in [4.78, 5) is 23.4. The van der Waals surface area contributed by atoms with E-state index in [2.05, 4.69) is 0 Å². The van der Waals surface area contributed by atoms with Crippen LogP contribution in [0.2, 0.25) is 0 Å². The molecule has 0 N–H and O–H groups in total. The molecule has 0 unspecified atom stereocenters. The van der Waals surface area contributed by atoms with E-state index < -0.39 is 0 Å². The van der Waals surface area contributed by atoms with Gasteiger partial charge in [-0.05, 0) is 42.8 Å². The summed E-state index contributed by atoms with van der Waals surface area (Å²) < 4.78 is 7.20. The van der Waals surface area contributed by atoms with Gasteiger partial charge in [0.2, 0.25) is 0 Å². The molecule has 1 aromatic carbocycles. The van der Waals surface area contributed by atoms with E-state index in [-0.39, 0.29) is 18.4 Å². The lowest BCUT2D eigenvalue weighted by atomic mass is 10.1.